The van der Waals surface area contributed by atoms with Gasteiger partial charge in [-0.1, -0.05) is 0 Å². The molecular formula is C10H14N2O. The third-order valence-electron chi connectivity index (χ3n) is 2.58. The van der Waals surface area contributed by atoms with Crippen molar-refractivity contribution < 1.29 is 4.74 Å². The van der Waals surface area contributed by atoms with Gasteiger partial charge in [-0.15, -0.1) is 0 Å². The van der Waals surface area contributed by atoms with Crippen LogP contribution in [0.25, 0.3) is 0 Å². The summed E-state index contributed by atoms with van der Waals surface area (Å²) < 4.78 is 5.21. The normalized spacial score (nSPS) is 19.5. The second-order valence-electron chi connectivity index (χ2n) is 3.73. The molecule has 2 heterocycles. The fraction of sp³-hybridized carbons (Fsp3) is 0.500. The first kappa shape index (κ1) is 8.66. The highest BCUT2D eigenvalue weighted by Gasteiger charge is 2.37. The van der Waals surface area contributed by atoms with E-state index in [0.29, 0.717) is 6.54 Å². The first-order chi connectivity index (χ1) is 6.35. The standard InChI is InChI=1S/C10H14N2O/c11-6-10(7-13-8-10)5-9-1-3-12-4-2-9/h1-4H,5-8,11H2. The summed E-state index contributed by atoms with van der Waals surface area (Å²) in [6.07, 6.45) is 4.64. The van der Waals surface area contributed by atoms with Gasteiger partial charge in [-0.25, -0.2) is 0 Å². The predicted octanol–water partition coefficient (Wildman–Crippen LogP) is 0.599. The molecule has 0 saturated carbocycles. The lowest BCUT2D eigenvalue weighted by Crippen LogP contribution is -2.49. The Morgan fingerprint density at radius 2 is 2.08 bits per heavy atom. The number of hydrogen-bond acceptors (Lipinski definition) is 3. The third-order valence-corrected chi connectivity index (χ3v) is 2.58. The molecule has 0 unspecified atom stereocenters. The fourth-order valence-corrected chi connectivity index (χ4v) is 1.62. The van der Waals surface area contributed by atoms with Crippen LogP contribution in [-0.2, 0) is 11.2 Å². The molecule has 1 aromatic rings. The fourth-order valence-electron chi connectivity index (χ4n) is 1.62. The average Bonchev–Trinajstić information content (AvgIpc) is 2.13. The van der Waals surface area contributed by atoms with E-state index in [4.69, 9.17) is 10.5 Å². The van der Waals surface area contributed by atoms with Gasteiger partial charge in [0.2, 0.25) is 0 Å². The second kappa shape index (κ2) is 3.44. The topological polar surface area (TPSA) is 48.1 Å². The highest BCUT2D eigenvalue weighted by Crippen LogP contribution is 2.30. The van der Waals surface area contributed by atoms with E-state index >= 15 is 0 Å². The predicted molar refractivity (Wildman–Crippen MR) is 50.2 cm³/mol. The number of pyridine rings is 1. The largest absolute Gasteiger partial charge is 0.380 e. The summed E-state index contributed by atoms with van der Waals surface area (Å²) in [5.41, 5.74) is 7.21. The lowest BCUT2D eigenvalue weighted by molar-refractivity contribution is -0.106. The Balaban J connectivity index is 2.05. The van der Waals surface area contributed by atoms with E-state index < -0.39 is 0 Å². The minimum atomic E-state index is 0.196. The van der Waals surface area contributed by atoms with E-state index in [1.807, 2.05) is 24.5 Å². The molecule has 2 N–H and O–H groups in total. The van der Waals surface area contributed by atoms with Crippen molar-refractivity contribution in [2.45, 2.75) is 6.42 Å². The summed E-state index contributed by atoms with van der Waals surface area (Å²) in [5, 5.41) is 0. The van der Waals surface area contributed by atoms with E-state index in [-0.39, 0.29) is 5.41 Å². The molecule has 0 atom stereocenters. The van der Waals surface area contributed by atoms with Crippen LogP contribution in [0.15, 0.2) is 24.5 Å². The van der Waals surface area contributed by atoms with Crippen molar-refractivity contribution in [3.63, 3.8) is 0 Å². The summed E-state index contributed by atoms with van der Waals surface area (Å²) >= 11 is 0. The van der Waals surface area contributed by atoms with Crippen LogP contribution in [0.2, 0.25) is 0 Å². The van der Waals surface area contributed by atoms with Crippen LogP contribution in [0.5, 0.6) is 0 Å². The van der Waals surface area contributed by atoms with Crippen LogP contribution < -0.4 is 5.73 Å². The van der Waals surface area contributed by atoms with Gasteiger partial charge >= 0.3 is 0 Å². The lowest BCUT2D eigenvalue weighted by Gasteiger charge is -2.40. The zero-order chi connectivity index (χ0) is 9.15. The van der Waals surface area contributed by atoms with E-state index in [1.54, 1.807) is 0 Å². The van der Waals surface area contributed by atoms with Gasteiger partial charge in [-0.3, -0.25) is 4.98 Å². The molecule has 0 aliphatic carbocycles. The van der Waals surface area contributed by atoms with Crippen molar-refractivity contribution in [2.24, 2.45) is 11.1 Å². The van der Waals surface area contributed by atoms with Crippen LogP contribution in [0, 0.1) is 5.41 Å². The van der Waals surface area contributed by atoms with Crippen molar-refractivity contribution in [3.8, 4) is 0 Å². The van der Waals surface area contributed by atoms with Crippen molar-refractivity contribution in [3.05, 3.63) is 30.1 Å². The molecule has 0 spiro atoms. The number of aromatic nitrogens is 1. The summed E-state index contributed by atoms with van der Waals surface area (Å²) in [7, 11) is 0. The van der Waals surface area contributed by atoms with E-state index in [0.717, 1.165) is 19.6 Å². The molecule has 0 bridgehead atoms. The maximum Gasteiger partial charge on any atom is 0.0560 e. The van der Waals surface area contributed by atoms with Gasteiger partial charge in [0.05, 0.1) is 13.2 Å². The van der Waals surface area contributed by atoms with Crippen LogP contribution in [0.4, 0.5) is 0 Å². The quantitative estimate of drug-likeness (QED) is 0.737. The summed E-state index contributed by atoms with van der Waals surface area (Å²) in [6.45, 7) is 2.30. The zero-order valence-corrected chi connectivity index (χ0v) is 7.57. The van der Waals surface area contributed by atoms with Crippen molar-refractivity contribution in [2.75, 3.05) is 19.8 Å². The van der Waals surface area contributed by atoms with Gasteiger partial charge in [0.15, 0.2) is 0 Å². The first-order valence-corrected chi connectivity index (χ1v) is 4.51. The number of nitrogens with zero attached hydrogens (tertiary/aromatic N) is 1. The van der Waals surface area contributed by atoms with Gasteiger partial charge in [0, 0.05) is 24.4 Å². The Hall–Kier alpha value is -0.930. The van der Waals surface area contributed by atoms with Gasteiger partial charge in [-0.05, 0) is 24.1 Å². The van der Waals surface area contributed by atoms with E-state index in [1.165, 1.54) is 5.56 Å². The maximum absolute atomic E-state index is 5.72. The molecule has 13 heavy (non-hydrogen) atoms. The summed E-state index contributed by atoms with van der Waals surface area (Å²) in [6, 6.07) is 4.07. The van der Waals surface area contributed by atoms with Gasteiger partial charge in [0.1, 0.15) is 0 Å². The number of hydrogen-bond donors (Lipinski definition) is 1. The molecule has 0 amide bonds. The Bertz CT molecular complexity index is 264. The Morgan fingerprint density at radius 3 is 2.54 bits per heavy atom. The molecule has 1 saturated heterocycles. The molecule has 3 nitrogen and oxygen atoms in total. The SMILES string of the molecule is NCC1(Cc2ccncc2)COC1. The molecule has 3 heteroatoms. The smallest absolute Gasteiger partial charge is 0.0560 e. The van der Waals surface area contributed by atoms with Gasteiger partial charge in [-0.2, -0.15) is 0 Å². The second-order valence-corrected chi connectivity index (χ2v) is 3.73. The van der Waals surface area contributed by atoms with Crippen LogP contribution >= 0.6 is 0 Å². The maximum atomic E-state index is 5.72. The summed E-state index contributed by atoms with van der Waals surface area (Å²) in [4.78, 5) is 3.98. The molecule has 70 valence electrons. The highest BCUT2D eigenvalue weighted by atomic mass is 16.5. The molecule has 1 fully saturated rings. The van der Waals surface area contributed by atoms with Gasteiger partial charge < -0.3 is 10.5 Å². The van der Waals surface area contributed by atoms with E-state index in [9.17, 15) is 0 Å². The molecule has 1 aliphatic rings. The number of ether oxygens (including phenoxy) is 1. The van der Waals surface area contributed by atoms with Crippen molar-refractivity contribution in [1.29, 1.82) is 0 Å². The Morgan fingerprint density at radius 1 is 1.38 bits per heavy atom. The third kappa shape index (κ3) is 1.71. The molecule has 0 radical (unpaired) electrons. The number of nitrogens with two attached hydrogens (primary N) is 1. The molecule has 0 aromatic carbocycles. The molecule has 1 aromatic heterocycles. The van der Waals surface area contributed by atoms with Crippen molar-refractivity contribution >= 4 is 0 Å². The molecule has 1 aliphatic heterocycles. The Kier molecular flexibility index (Phi) is 2.29. The monoisotopic (exact) mass is 178 g/mol. The number of rotatable bonds is 3. The summed E-state index contributed by atoms with van der Waals surface area (Å²) in [5.74, 6) is 0. The van der Waals surface area contributed by atoms with Crippen LogP contribution in [0.1, 0.15) is 5.56 Å². The van der Waals surface area contributed by atoms with Crippen molar-refractivity contribution in [1.82, 2.24) is 4.98 Å². The van der Waals surface area contributed by atoms with Gasteiger partial charge in [0.25, 0.3) is 0 Å². The minimum Gasteiger partial charge on any atom is -0.380 e. The zero-order valence-electron chi connectivity index (χ0n) is 7.57. The minimum absolute atomic E-state index is 0.196. The first-order valence-electron chi connectivity index (χ1n) is 4.51. The van der Waals surface area contributed by atoms with Crippen LogP contribution in [-0.4, -0.2) is 24.7 Å². The highest BCUT2D eigenvalue weighted by molar-refractivity contribution is 5.13. The average molecular weight is 178 g/mol. The lowest BCUT2D eigenvalue weighted by atomic mass is 9.80. The van der Waals surface area contributed by atoms with Crippen LogP contribution in [0.3, 0.4) is 0 Å². The molecule has 2 rings (SSSR count). The Labute approximate surface area is 77.9 Å². The molecular weight excluding hydrogens is 164 g/mol. The van der Waals surface area contributed by atoms with E-state index in [2.05, 4.69) is 4.98 Å².